The van der Waals surface area contributed by atoms with Gasteiger partial charge in [-0.15, -0.1) is 0 Å². The van der Waals surface area contributed by atoms with Gasteiger partial charge in [-0.1, -0.05) is 36.4 Å². The average molecular weight is 332 g/mol. The number of anilines is 1. The lowest BCUT2D eigenvalue weighted by Crippen LogP contribution is -2.41. The molecule has 0 aliphatic carbocycles. The minimum Gasteiger partial charge on any atom is -0.324 e. The van der Waals surface area contributed by atoms with Crippen molar-refractivity contribution in [3.8, 4) is 0 Å². The van der Waals surface area contributed by atoms with E-state index in [1.807, 2.05) is 32.0 Å². The Morgan fingerprint density at radius 3 is 2.09 bits per heavy atom. The number of benzene rings is 2. The smallest absolute Gasteiger partial charge is 0.242 e. The Labute approximate surface area is 136 Å². The number of nitrogens with one attached hydrogen (secondary N) is 2. The summed E-state index contributed by atoms with van der Waals surface area (Å²) in [6.45, 7) is 5.30. The van der Waals surface area contributed by atoms with Crippen LogP contribution < -0.4 is 10.0 Å². The molecule has 0 unspecified atom stereocenters. The van der Waals surface area contributed by atoms with E-state index in [0.717, 1.165) is 11.1 Å². The Morgan fingerprint density at radius 1 is 0.957 bits per heavy atom. The minimum atomic E-state index is -3.73. The summed E-state index contributed by atoms with van der Waals surface area (Å²) in [4.78, 5) is 12.4. The monoisotopic (exact) mass is 332 g/mol. The van der Waals surface area contributed by atoms with Crippen LogP contribution in [0.3, 0.4) is 0 Å². The normalized spacial score (nSPS) is 12.7. The van der Waals surface area contributed by atoms with Crippen molar-refractivity contribution in [1.82, 2.24) is 4.72 Å². The molecule has 0 heterocycles. The van der Waals surface area contributed by atoms with E-state index in [0.29, 0.717) is 5.69 Å². The number of sulfonamides is 1. The van der Waals surface area contributed by atoms with Crippen molar-refractivity contribution >= 4 is 21.6 Å². The van der Waals surface area contributed by atoms with Crippen molar-refractivity contribution in [2.45, 2.75) is 31.7 Å². The summed E-state index contributed by atoms with van der Waals surface area (Å²) in [6, 6.07) is 12.8. The molecule has 2 aromatic carbocycles. The first kappa shape index (κ1) is 17.2. The van der Waals surface area contributed by atoms with Gasteiger partial charge in [-0.2, -0.15) is 4.72 Å². The van der Waals surface area contributed by atoms with E-state index in [4.69, 9.17) is 0 Å². The number of hydrogen-bond donors (Lipinski definition) is 2. The second-order valence-electron chi connectivity index (χ2n) is 5.41. The van der Waals surface area contributed by atoms with Crippen LogP contribution in [0.5, 0.6) is 0 Å². The molecular weight excluding hydrogens is 312 g/mol. The number of rotatable bonds is 5. The third kappa shape index (κ3) is 4.18. The maximum absolute atomic E-state index is 12.3. The van der Waals surface area contributed by atoms with Gasteiger partial charge in [-0.05, 0) is 44.0 Å². The average Bonchev–Trinajstić information content (AvgIpc) is 2.51. The fourth-order valence-electron chi connectivity index (χ4n) is 2.20. The molecule has 0 saturated carbocycles. The summed E-state index contributed by atoms with van der Waals surface area (Å²) in [5, 5.41) is 2.79. The fourth-order valence-corrected chi connectivity index (χ4v) is 3.42. The van der Waals surface area contributed by atoms with Gasteiger partial charge in [0.05, 0.1) is 10.9 Å². The zero-order valence-electron chi connectivity index (χ0n) is 13.3. The van der Waals surface area contributed by atoms with E-state index in [9.17, 15) is 13.2 Å². The maximum Gasteiger partial charge on any atom is 0.242 e. The van der Waals surface area contributed by atoms with Crippen LogP contribution in [-0.4, -0.2) is 20.4 Å². The quantitative estimate of drug-likeness (QED) is 0.884. The molecule has 0 aliphatic heterocycles. The molecule has 122 valence electrons. The molecule has 0 bridgehead atoms. The second kappa shape index (κ2) is 6.93. The molecule has 6 heteroatoms. The summed E-state index contributed by atoms with van der Waals surface area (Å²) in [6.07, 6.45) is 0. The van der Waals surface area contributed by atoms with Crippen molar-refractivity contribution in [2.24, 2.45) is 0 Å². The van der Waals surface area contributed by atoms with E-state index >= 15 is 0 Å². The number of carbonyl (C=O) groups excluding carboxylic acids is 1. The predicted molar refractivity (Wildman–Crippen MR) is 90.8 cm³/mol. The highest BCUT2D eigenvalue weighted by molar-refractivity contribution is 7.89. The molecular formula is C17H20N2O3S. The van der Waals surface area contributed by atoms with Crippen LogP contribution in [0, 0.1) is 13.8 Å². The van der Waals surface area contributed by atoms with Crippen LogP contribution >= 0.6 is 0 Å². The van der Waals surface area contributed by atoms with Crippen LogP contribution in [0.1, 0.15) is 18.1 Å². The van der Waals surface area contributed by atoms with Gasteiger partial charge in [0.2, 0.25) is 15.9 Å². The molecule has 5 nitrogen and oxygen atoms in total. The molecule has 2 rings (SSSR count). The predicted octanol–water partition coefficient (Wildman–Crippen LogP) is 2.61. The Hall–Kier alpha value is -2.18. The van der Waals surface area contributed by atoms with Crippen LogP contribution in [-0.2, 0) is 14.8 Å². The van der Waals surface area contributed by atoms with Gasteiger partial charge in [0, 0.05) is 5.69 Å². The highest BCUT2D eigenvalue weighted by Gasteiger charge is 2.22. The molecule has 23 heavy (non-hydrogen) atoms. The molecule has 1 amide bonds. The molecule has 0 spiro atoms. The van der Waals surface area contributed by atoms with Gasteiger partial charge in [-0.3, -0.25) is 4.79 Å². The van der Waals surface area contributed by atoms with Crippen molar-refractivity contribution in [1.29, 1.82) is 0 Å². The number of hydrogen-bond acceptors (Lipinski definition) is 3. The highest BCUT2D eigenvalue weighted by atomic mass is 32.2. The lowest BCUT2D eigenvalue weighted by molar-refractivity contribution is -0.117. The van der Waals surface area contributed by atoms with E-state index in [2.05, 4.69) is 10.0 Å². The van der Waals surface area contributed by atoms with Gasteiger partial charge < -0.3 is 5.32 Å². The largest absolute Gasteiger partial charge is 0.324 e. The van der Waals surface area contributed by atoms with Crippen LogP contribution in [0.25, 0.3) is 0 Å². The first-order valence-electron chi connectivity index (χ1n) is 7.26. The van der Waals surface area contributed by atoms with E-state index in [1.165, 1.54) is 19.1 Å². The molecule has 0 saturated heterocycles. The van der Waals surface area contributed by atoms with Gasteiger partial charge >= 0.3 is 0 Å². The summed E-state index contributed by atoms with van der Waals surface area (Å²) in [5.74, 6) is -0.401. The topological polar surface area (TPSA) is 75.3 Å². The first-order chi connectivity index (χ1) is 10.8. The van der Waals surface area contributed by atoms with Crippen molar-refractivity contribution in [3.05, 3.63) is 59.7 Å². The minimum absolute atomic E-state index is 0.131. The zero-order valence-corrected chi connectivity index (χ0v) is 14.1. The number of amides is 1. The fraction of sp³-hybridized carbons (Fsp3) is 0.235. The van der Waals surface area contributed by atoms with Crippen molar-refractivity contribution in [3.63, 3.8) is 0 Å². The Bertz CT molecular complexity index is 782. The summed E-state index contributed by atoms with van der Waals surface area (Å²) >= 11 is 0. The van der Waals surface area contributed by atoms with Gasteiger partial charge in [0.15, 0.2) is 0 Å². The standard InChI is InChI=1S/C17H20N2O3S/c1-12-8-7-9-13(2)16(12)18-17(20)14(3)19-23(21,22)15-10-5-4-6-11-15/h4-11,14,19H,1-3H3,(H,18,20)/t14-/m0/s1. The van der Waals surface area contributed by atoms with Crippen molar-refractivity contribution in [2.75, 3.05) is 5.32 Å². The highest BCUT2D eigenvalue weighted by Crippen LogP contribution is 2.19. The summed E-state index contributed by atoms with van der Waals surface area (Å²) in [7, 11) is -3.73. The van der Waals surface area contributed by atoms with Crippen molar-refractivity contribution < 1.29 is 13.2 Å². The summed E-state index contributed by atoms with van der Waals surface area (Å²) in [5.41, 5.74) is 2.57. The number of aryl methyl sites for hydroxylation is 2. The van der Waals surface area contributed by atoms with E-state index in [1.54, 1.807) is 18.2 Å². The first-order valence-corrected chi connectivity index (χ1v) is 8.74. The maximum atomic E-state index is 12.3. The zero-order chi connectivity index (χ0) is 17.0. The molecule has 0 fully saturated rings. The van der Waals surface area contributed by atoms with Crippen LogP contribution in [0.4, 0.5) is 5.69 Å². The molecule has 2 N–H and O–H groups in total. The van der Waals surface area contributed by atoms with Crippen LogP contribution in [0.15, 0.2) is 53.4 Å². The Morgan fingerprint density at radius 2 is 1.52 bits per heavy atom. The third-order valence-corrected chi connectivity index (χ3v) is 5.06. The van der Waals surface area contributed by atoms with E-state index in [-0.39, 0.29) is 4.90 Å². The summed E-state index contributed by atoms with van der Waals surface area (Å²) < 4.78 is 26.9. The molecule has 1 atom stereocenters. The number of para-hydroxylation sites is 1. The Balaban J connectivity index is 2.12. The third-order valence-electron chi connectivity index (χ3n) is 3.51. The lowest BCUT2D eigenvalue weighted by Gasteiger charge is -2.17. The van der Waals surface area contributed by atoms with Gasteiger partial charge in [-0.25, -0.2) is 8.42 Å². The van der Waals surface area contributed by atoms with Gasteiger partial charge in [0.25, 0.3) is 0 Å². The molecule has 0 aromatic heterocycles. The second-order valence-corrected chi connectivity index (χ2v) is 7.13. The lowest BCUT2D eigenvalue weighted by atomic mass is 10.1. The van der Waals surface area contributed by atoms with E-state index < -0.39 is 22.0 Å². The molecule has 2 aromatic rings. The SMILES string of the molecule is Cc1cccc(C)c1NC(=O)[C@H](C)NS(=O)(=O)c1ccccc1. The molecule has 0 aliphatic rings. The van der Waals surface area contributed by atoms with Gasteiger partial charge in [0.1, 0.15) is 0 Å². The molecule has 0 radical (unpaired) electrons. The van der Waals surface area contributed by atoms with Crippen LogP contribution in [0.2, 0.25) is 0 Å². The number of carbonyl (C=O) groups is 1. The Kier molecular flexibility index (Phi) is 5.18.